The second-order valence-electron chi connectivity index (χ2n) is 6.85. The molecule has 0 aliphatic carbocycles. The number of nitrogens with zero attached hydrogens (tertiary/aromatic N) is 3. The van der Waals surface area contributed by atoms with E-state index in [2.05, 4.69) is 15.4 Å². The molecule has 0 bridgehead atoms. The van der Waals surface area contributed by atoms with E-state index in [9.17, 15) is 9.59 Å². The van der Waals surface area contributed by atoms with Gasteiger partial charge in [-0.15, -0.1) is 0 Å². The highest BCUT2D eigenvalue weighted by molar-refractivity contribution is 5.94. The van der Waals surface area contributed by atoms with Crippen molar-refractivity contribution in [2.24, 2.45) is 12.5 Å². The summed E-state index contributed by atoms with van der Waals surface area (Å²) in [6.07, 6.45) is 3.59. The molecule has 0 aliphatic rings. The third kappa shape index (κ3) is 3.79. The summed E-state index contributed by atoms with van der Waals surface area (Å²) >= 11 is 0. The zero-order chi connectivity index (χ0) is 18.1. The number of carboxylic acid groups (broad SMARTS) is 1. The normalized spacial score (nSPS) is 12.7. The number of aryl methyl sites for hydroxylation is 2. The second-order valence-corrected chi connectivity index (χ2v) is 6.85. The van der Waals surface area contributed by atoms with Crippen LogP contribution in [0.15, 0.2) is 24.5 Å². The largest absolute Gasteiger partial charge is 0.478 e. The second kappa shape index (κ2) is 6.43. The maximum absolute atomic E-state index is 12.6. The lowest BCUT2D eigenvalue weighted by atomic mass is 9.83. The lowest BCUT2D eigenvalue weighted by molar-refractivity contribution is 0.0694. The molecule has 7 heteroatoms. The van der Waals surface area contributed by atoms with Crippen LogP contribution >= 0.6 is 0 Å². The van der Waals surface area contributed by atoms with E-state index < -0.39 is 5.97 Å². The minimum absolute atomic E-state index is 0.0891. The van der Waals surface area contributed by atoms with Gasteiger partial charge in [0.1, 0.15) is 5.69 Å². The van der Waals surface area contributed by atoms with Gasteiger partial charge in [-0.05, 0) is 24.5 Å². The molecule has 2 aromatic rings. The van der Waals surface area contributed by atoms with Crippen molar-refractivity contribution in [2.45, 2.75) is 33.7 Å². The Labute approximate surface area is 140 Å². The van der Waals surface area contributed by atoms with Crippen molar-refractivity contribution < 1.29 is 14.7 Å². The summed E-state index contributed by atoms with van der Waals surface area (Å²) in [5, 5.41) is 16.2. The quantitative estimate of drug-likeness (QED) is 0.897. The minimum Gasteiger partial charge on any atom is -0.478 e. The van der Waals surface area contributed by atoms with E-state index in [1.54, 1.807) is 17.8 Å². The molecule has 2 N–H and O–H groups in total. The number of hydrogen-bond acceptors (Lipinski definition) is 4. The fourth-order valence-corrected chi connectivity index (χ4v) is 2.51. The predicted molar refractivity (Wildman–Crippen MR) is 88.8 cm³/mol. The third-order valence-corrected chi connectivity index (χ3v) is 3.75. The summed E-state index contributed by atoms with van der Waals surface area (Å²) in [5.41, 5.74) is 1.26. The van der Waals surface area contributed by atoms with E-state index in [0.29, 0.717) is 5.69 Å². The predicted octanol–water partition coefficient (Wildman–Crippen LogP) is 2.34. The van der Waals surface area contributed by atoms with Crippen LogP contribution in [0.25, 0.3) is 0 Å². The Hall–Kier alpha value is -2.70. The summed E-state index contributed by atoms with van der Waals surface area (Å²) in [6, 6.07) is 2.57. The molecule has 1 atom stereocenters. The molecular formula is C17H22N4O3. The Morgan fingerprint density at radius 2 is 1.96 bits per heavy atom. The number of amides is 1. The van der Waals surface area contributed by atoms with Crippen LogP contribution < -0.4 is 5.32 Å². The Bertz CT molecular complexity index is 774. The van der Waals surface area contributed by atoms with Crippen LogP contribution in [0.3, 0.4) is 0 Å². The van der Waals surface area contributed by atoms with Gasteiger partial charge in [-0.1, -0.05) is 20.8 Å². The van der Waals surface area contributed by atoms with E-state index in [1.807, 2.05) is 34.0 Å². The van der Waals surface area contributed by atoms with E-state index in [-0.39, 0.29) is 28.6 Å². The van der Waals surface area contributed by atoms with E-state index in [0.717, 1.165) is 5.56 Å². The fourth-order valence-electron chi connectivity index (χ4n) is 2.51. The van der Waals surface area contributed by atoms with Gasteiger partial charge in [-0.3, -0.25) is 9.48 Å². The maximum Gasteiger partial charge on any atom is 0.337 e. The molecule has 2 heterocycles. The van der Waals surface area contributed by atoms with Crippen molar-refractivity contribution in [2.75, 3.05) is 0 Å². The summed E-state index contributed by atoms with van der Waals surface area (Å²) in [6.45, 7) is 7.65. The number of carbonyl (C=O) groups is 2. The molecule has 7 nitrogen and oxygen atoms in total. The van der Waals surface area contributed by atoms with Gasteiger partial charge in [0.15, 0.2) is 0 Å². The first-order valence-corrected chi connectivity index (χ1v) is 7.60. The summed E-state index contributed by atoms with van der Waals surface area (Å²) in [4.78, 5) is 27.7. The topological polar surface area (TPSA) is 97.1 Å². The zero-order valence-electron chi connectivity index (χ0n) is 14.5. The average molecular weight is 330 g/mol. The lowest BCUT2D eigenvalue weighted by Gasteiger charge is -2.30. The van der Waals surface area contributed by atoms with E-state index >= 15 is 0 Å². The third-order valence-electron chi connectivity index (χ3n) is 3.75. The summed E-state index contributed by atoms with van der Waals surface area (Å²) in [7, 11) is 1.82. The first kappa shape index (κ1) is 17.7. The average Bonchev–Trinajstić information content (AvgIpc) is 2.88. The van der Waals surface area contributed by atoms with Crippen molar-refractivity contribution in [1.82, 2.24) is 20.1 Å². The van der Waals surface area contributed by atoms with Crippen molar-refractivity contribution in [3.05, 3.63) is 47.0 Å². The minimum atomic E-state index is -1.06. The SMILES string of the molecule is Cc1nc(C(=O)NC(c2cnn(C)c2)C(C)(C)C)ccc1C(=O)O. The standard InChI is InChI=1S/C17H22N4O3/c1-10-12(16(23)24)6-7-13(19-10)15(22)20-14(17(2,3)4)11-8-18-21(5)9-11/h6-9,14H,1-5H3,(H,20,22)(H,23,24). The number of aromatic nitrogens is 3. The van der Waals surface area contributed by atoms with Crippen LogP contribution in [0.5, 0.6) is 0 Å². The van der Waals surface area contributed by atoms with E-state index in [1.165, 1.54) is 12.1 Å². The van der Waals surface area contributed by atoms with Gasteiger partial charge < -0.3 is 10.4 Å². The van der Waals surface area contributed by atoms with Gasteiger partial charge in [0.25, 0.3) is 5.91 Å². The smallest absolute Gasteiger partial charge is 0.337 e. The summed E-state index contributed by atoms with van der Waals surface area (Å²) < 4.78 is 1.68. The molecule has 0 radical (unpaired) electrons. The van der Waals surface area contributed by atoms with E-state index in [4.69, 9.17) is 5.11 Å². The van der Waals surface area contributed by atoms with Gasteiger partial charge in [-0.25, -0.2) is 9.78 Å². The highest BCUT2D eigenvalue weighted by atomic mass is 16.4. The Balaban J connectivity index is 2.28. The summed E-state index contributed by atoms with van der Waals surface area (Å²) in [5.74, 6) is -1.41. The van der Waals surface area contributed by atoms with Crippen LogP contribution in [-0.4, -0.2) is 31.7 Å². The van der Waals surface area contributed by atoms with Gasteiger partial charge in [0.2, 0.25) is 0 Å². The van der Waals surface area contributed by atoms with Gasteiger partial charge in [0.05, 0.1) is 23.5 Å². The van der Waals surface area contributed by atoms with Crippen LogP contribution in [0.2, 0.25) is 0 Å². The molecule has 0 saturated carbocycles. The molecule has 128 valence electrons. The Morgan fingerprint density at radius 1 is 1.29 bits per heavy atom. The number of carbonyl (C=O) groups excluding carboxylic acids is 1. The number of nitrogens with one attached hydrogen (secondary N) is 1. The van der Waals surface area contributed by atoms with Gasteiger partial charge >= 0.3 is 5.97 Å². The molecule has 0 spiro atoms. The molecule has 1 amide bonds. The maximum atomic E-state index is 12.6. The lowest BCUT2D eigenvalue weighted by Crippen LogP contribution is -2.37. The number of rotatable bonds is 4. The number of aromatic carboxylic acids is 1. The van der Waals surface area contributed by atoms with Crippen LogP contribution in [-0.2, 0) is 7.05 Å². The molecule has 0 saturated heterocycles. The zero-order valence-corrected chi connectivity index (χ0v) is 14.5. The van der Waals surface area contributed by atoms with Crippen molar-refractivity contribution >= 4 is 11.9 Å². The number of hydrogen-bond donors (Lipinski definition) is 2. The molecular weight excluding hydrogens is 308 g/mol. The van der Waals surface area contributed by atoms with Gasteiger partial charge in [-0.2, -0.15) is 5.10 Å². The Morgan fingerprint density at radius 3 is 2.42 bits per heavy atom. The van der Waals surface area contributed by atoms with Crippen LogP contribution in [0.1, 0.15) is 58.9 Å². The molecule has 0 aromatic carbocycles. The first-order chi connectivity index (χ1) is 11.1. The number of carboxylic acids is 1. The molecule has 1 unspecified atom stereocenters. The molecule has 0 aliphatic heterocycles. The van der Waals surface area contributed by atoms with Crippen molar-refractivity contribution in [3.63, 3.8) is 0 Å². The fraction of sp³-hybridized carbons (Fsp3) is 0.412. The van der Waals surface area contributed by atoms with Gasteiger partial charge in [0, 0.05) is 18.8 Å². The Kier molecular flexibility index (Phi) is 4.73. The molecule has 2 aromatic heterocycles. The number of pyridine rings is 1. The highest BCUT2D eigenvalue weighted by Crippen LogP contribution is 2.32. The highest BCUT2D eigenvalue weighted by Gasteiger charge is 2.29. The monoisotopic (exact) mass is 330 g/mol. The van der Waals surface area contributed by atoms with Crippen LogP contribution in [0.4, 0.5) is 0 Å². The first-order valence-electron chi connectivity index (χ1n) is 7.60. The van der Waals surface area contributed by atoms with Crippen molar-refractivity contribution in [1.29, 1.82) is 0 Å². The van der Waals surface area contributed by atoms with Crippen LogP contribution in [0, 0.1) is 12.3 Å². The molecule has 0 fully saturated rings. The van der Waals surface area contributed by atoms with Crippen molar-refractivity contribution in [3.8, 4) is 0 Å². The molecule has 24 heavy (non-hydrogen) atoms. The molecule has 2 rings (SSSR count).